The van der Waals surface area contributed by atoms with E-state index in [1.54, 1.807) is 6.08 Å². The van der Waals surface area contributed by atoms with E-state index >= 15 is 0 Å². The van der Waals surface area contributed by atoms with Gasteiger partial charge < -0.3 is 14.6 Å². The molecule has 3 aromatic rings. The summed E-state index contributed by atoms with van der Waals surface area (Å²) in [7, 11) is 1.92. The minimum absolute atomic E-state index is 0.290. The maximum atomic E-state index is 10.6. The predicted octanol–water partition coefficient (Wildman–Crippen LogP) is 4.96. The molecule has 180 valence electrons. The summed E-state index contributed by atoms with van der Waals surface area (Å²) in [5, 5.41) is 15.5. The molecule has 0 amide bonds. The van der Waals surface area contributed by atoms with Crippen LogP contribution in [0.5, 0.6) is 11.6 Å². The van der Waals surface area contributed by atoms with Crippen LogP contribution < -0.4 is 4.74 Å². The Labute approximate surface area is 202 Å². The highest BCUT2D eigenvalue weighted by atomic mass is 16.5. The summed E-state index contributed by atoms with van der Waals surface area (Å²) in [6.07, 6.45) is 3.61. The summed E-state index contributed by atoms with van der Waals surface area (Å²) in [5.74, 6) is 2.19. The maximum absolute atomic E-state index is 10.6. The van der Waals surface area contributed by atoms with Crippen LogP contribution in [-0.4, -0.2) is 52.2 Å². The Morgan fingerprint density at radius 1 is 1.21 bits per heavy atom. The van der Waals surface area contributed by atoms with Crippen molar-refractivity contribution in [2.24, 2.45) is 13.0 Å². The Kier molecular flexibility index (Phi) is 8.16. The van der Waals surface area contributed by atoms with Crippen molar-refractivity contribution in [1.82, 2.24) is 14.7 Å². The summed E-state index contributed by atoms with van der Waals surface area (Å²) in [6.45, 7) is 8.55. The highest BCUT2D eigenvalue weighted by Crippen LogP contribution is 2.36. The number of hydrogen-bond acceptors (Lipinski definition) is 5. The number of nitrogens with zero attached hydrogens (tertiary/aromatic N) is 3. The Hall–Kier alpha value is -2.93. The zero-order chi connectivity index (χ0) is 23.9. The van der Waals surface area contributed by atoms with E-state index < -0.39 is 6.10 Å². The molecule has 0 spiro atoms. The van der Waals surface area contributed by atoms with Crippen molar-refractivity contribution in [3.8, 4) is 22.9 Å². The molecule has 1 aliphatic carbocycles. The molecule has 0 bridgehead atoms. The summed E-state index contributed by atoms with van der Waals surface area (Å²) >= 11 is 0. The van der Waals surface area contributed by atoms with Crippen molar-refractivity contribution in [3.05, 3.63) is 78.4 Å². The molecule has 1 aliphatic rings. The smallest absolute Gasteiger partial charge is 0.222 e. The van der Waals surface area contributed by atoms with Gasteiger partial charge in [-0.2, -0.15) is 5.10 Å². The quantitative estimate of drug-likeness (QED) is 0.288. The molecule has 1 atom stereocenters. The number of aliphatic hydroxyl groups excluding tert-OH is 1. The zero-order valence-corrected chi connectivity index (χ0v) is 20.2. The van der Waals surface area contributed by atoms with Crippen molar-refractivity contribution in [2.75, 3.05) is 26.3 Å². The highest BCUT2D eigenvalue weighted by molar-refractivity contribution is 5.65. The third-order valence-corrected chi connectivity index (χ3v) is 5.95. The Morgan fingerprint density at radius 3 is 2.71 bits per heavy atom. The molecule has 1 N–H and O–H groups in total. The van der Waals surface area contributed by atoms with Gasteiger partial charge in [-0.25, -0.2) is 4.68 Å². The third kappa shape index (κ3) is 6.56. The molecule has 0 radical (unpaired) electrons. The average molecular weight is 462 g/mol. The van der Waals surface area contributed by atoms with E-state index in [-0.39, 0.29) is 0 Å². The van der Waals surface area contributed by atoms with Gasteiger partial charge in [0.2, 0.25) is 5.88 Å². The van der Waals surface area contributed by atoms with E-state index in [1.165, 1.54) is 12.8 Å². The van der Waals surface area contributed by atoms with Crippen LogP contribution in [0, 0.1) is 12.8 Å². The van der Waals surface area contributed by atoms with E-state index in [4.69, 9.17) is 14.6 Å². The summed E-state index contributed by atoms with van der Waals surface area (Å²) in [4.78, 5) is 2.31. The van der Waals surface area contributed by atoms with Crippen LogP contribution in [0.15, 0.2) is 67.3 Å². The Balaban J connectivity index is 1.64. The summed E-state index contributed by atoms with van der Waals surface area (Å²) in [6, 6.07) is 18.3. The second-order valence-corrected chi connectivity index (χ2v) is 9.16. The lowest BCUT2D eigenvalue weighted by Gasteiger charge is -2.25. The van der Waals surface area contributed by atoms with Crippen molar-refractivity contribution >= 4 is 0 Å². The number of hydrogen-bond donors (Lipinski definition) is 1. The van der Waals surface area contributed by atoms with Gasteiger partial charge in [-0.15, -0.1) is 6.58 Å². The molecule has 1 saturated carbocycles. The number of benzene rings is 2. The number of aromatic nitrogens is 2. The molecule has 1 heterocycles. The predicted molar refractivity (Wildman–Crippen MR) is 135 cm³/mol. The van der Waals surface area contributed by atoms with Crippen molar-refractivity contribution < 1.29 is 14.6 Å². The molecule has 1 fully saturated rings. The fourth-order valence-corrected chi connectivity index (χ4v) is 4.17. The van der Waals surface area contributed by atoms with Crippen LogP contribution in [0.3, 0.4) is 0 Å². The van der Waals surface area contributed by atoms with Gasteiger partial charge in [0.15, 0.2) is 0 Å². The Bertz CT molecular complexity index is 1080. The fraction of sp³-hybridized carbons (Fsp3) is 0.393. The summed E-state index contributed by atoms with van der Waals surface area (Å²) in [5.41, 5.74) is 4.12. The Morgan fingerprint density at radius 2 is 2.00 bits per heavy atom. The van der Waals surface area contributed by atoms with Crippen molar-refractivity contribution in [3.63, 3.8) is 0 Å². The normalized spacial score (nSPS) is 14.4. The monoisotopic (exact) mass is 461 g/mol. The molecular formula is C28H35N3O3. The lowest BCUT2D eigenvalue weighted by molar-refractivity contribution is 0.0235. The summed E-state index contributed by atoms with van der Waals surface area (Å²) < 4.78 is 13.7. The first-order valence-corrected chi connectivity index (χ1v) is 12.0. The van der Waals surface area contributed by atoms with E-state index in [9.17, 15) is 5.11 Å². The molecule has 0 unspecified atom stereocenters. The van der Waals surface area contributed by atoms with Crippen LogP contribution in [0.1, 0.15) is 24.0 Å². The van der Waals surface area contributed by atoms with Gasteiger partial charge in [0, 0.05) is 32.2 Å². The van der Waals surface area contributed by atoms with Gasteiger partial charge >= 0.3 is 0 Å². The molecule has 0 aliphatic heterocycles. The number of aliphatic hydroxyl groups is 1. The van der Waals surface area contributed by atoms with Crippen molar-refractivity contribution in [1.29, 1.82) is 0 Å². The third-order valence-electron chi connectivity index (χ3n) is 5.95. The van der Waals surface area contributed by atoms with Gasteiger partial charge in [0.05, 0.1) is 24.9 Å². The fourth-order valence-electron chi connectivity index (χ4n) is 4.17. The molecule has 2 aromatic carbocycles. The van der Waals surface area contributed by atoms with Crippen LogP contribution >= 0.6 is 0 Å². The van der Waals surface area contributed by atoms with Gasteiger partial charge in [0.25, 0.3) is 0 Å². The zero-order valence-electron chi connectivity index (χ0n) is 20.2. The molecule has 6 heteroatoms. The van der Waals surface area contributed by atoms with Gasteiger partial charge in [-0.3, -0.25) is 4.90 Å². The molecule has 0 saturated heterocycles. The second-order valence-electron chi connectivity index (χ2n) is 9.16. The highest BCUT2D eigenvalue weighted by Gasteiger charge is 2.28. The molecule has 34 heavy (non-hydrogen) atoms. The topological polar surface area (TPSA) is 59.8 Å². The van der Waals surface area contributed by atoms with E-state index in [1.807, 2.05) is 48.1 Å². The molecule has 4 rings (SSSR count). The standard InChI is InChI=1S/C28H35N3O3/c1-4-15-33-20-24(32)18-31(17-22-13-14-22)19-26-27(23-10-6-5-7-11-23)29-30(3)28(26)34-25-12-8-9-21(2)16-25/h4-12,16,22,24,32H,1,13-15,17-20H2,2-3H3/t24-/m0/s1. The van der Waals surface area contributed by atoms with E-state index in [0.717, 1.165) is 40.6 Å². The minimum Gasteiger partial charge on any atom is -0.439 e. The lowest BCUT2D eigenvalue weighted by atomic mass is 10.1. The first-order chi connectivity index (χ1) is 16.5. The minimum atomic E-state index is -0.573. The lowest BCUT2D eigenvalue weighted by Crippen LogP contribution is -2.36. The molecular weight excluding hydrogens is 426 g/mol. The van der Waals surface area contributed by atoms with Crippen molar-refractivity contribution in [2.45, 2.75) is 32.4 Å². The van der Waals surface area contributed by atoms with Crippen LogP contribution in [0.2, 0.25) is 0 Å². The van der Waals surface area contributed by atoms with Crippen LogP contribution in [-0.2, 0) is 18.3 Å². The number of rotatable bonds is 13. The number of ether oxygens (including phenoxy) is 2. The largest absolute Gasteiger partial charge is 0.439 e. The maximum Gasteiger partial charge on any atom is 0.222 e. The average Bonchev–Trinajstić information content (AvgIpc) is 3.59. The second kappa shape index (κ2) is 11.5. The molecule has 6 nitrogen and oxygen atoms in total. The van der Waals surface area contributed by atoms with Gasteiger partial charge in [0.1, 0.15) is 11.4 Å². The SMILES string of the molecule is C=CCOC[C@@H](O)CN(Cc1c(-c2ccccc2)nn(C)c1Oc1cccc(C)c1)CC1CC1. The molecule has 1 aromatic heterocycles. The first-order valence-electron chi connectivity index (χ1n) is 12.0. The van der Waals surface area contributed by atoms with Gasteiger partial charge in [-0.05, 0) is 43.4 Å². The van der Waals surface area contributed by atoms with Gasteiger partial charge in [-0.1, -0.05) is 48.5 Å². The van der Waals surface area contributed by atoms with Crippen LogP contribution in [0.25, 0.3) is 11.3 Å². The number of aryl methyl sites for hydroxylation is 2. The van der Waals surface area contributed by atoms with Crippen LogP contribution in [0.4, 0.5) is 0 Å². The van der Waals surface area contributed by atoms with E-state index in [0.29, 0.717) is 32.2 Å². The first kappa shape index (κ1) is 24.2. The van der Waals surface area contributed by atoms with E-state index in [2.05, 4.69) is 36.6 Å².